The summed E-state index contributed by atoms with van der Waals surface area (Å²) in [4.78, 5) is 6.11. The molecule has 0 aliphatic carbocycles. The van der Waals surface area contributed by atoms with Crippen molar-refractivity contribution in [3.63, 3.8) is 0 Å². The van der Waals surface area contributed by atoms with Crippen molar-refractivity contribution in [3.05, 3.63) is 35.5 Å². The summed E-state index contributed by atoms with van der Waals surface area (Å²) in [5.41, 5.74) is 4.19. The molecule has 3 rings (SSSR count). The van der Waals surface area contributed by atoms with Gasteiger partial charge in [0.1, 0.15) is 0 Å². The van der Waals surface area contributed by atoms with Crippen LogP contribution in [0.5, 0.6) is 0 Å². The summed E-state index contributed by atoms with van der Waals surface area (Å²) < 4.78 is 0. The largest absolute Gasteiger partial charge is 0.361 e. The molecule has 1 unspecified atom stereocenters. The average Bonchev–Trinajstić information content (AvgIpc) is 3.07. The molecular weight excluding hydrogens is 246 g/mol. The first-order chi connectivity index (χ1) is 9.83. The Morgan fingerprint density at radius 3 is 3.05 bits per heavy atom. The van der Waals surface area contributed by atoms with Crippen LogP contribution in [0, 0.1) is 0 Å². The van der Waals surface area contributed by atoms with Crippen molar-refractivity contribution in [2.75, 3.05) is 20.1 Å². The fourth-order valence-electron chi connectivity index (χ4n) is 3.49. The number of aryl methyl sites for hydroxylation is 1. The Labute approximate surface area is 121 Å². The molecule has 1 aliphatic rings. The van der Waals surface area contributed by atoms with Gasteiger partial charge in [-0.15, -0.1) is 0 Å². The van der Waals surface area contributed by atoms with E-state index in [0.29, 0.717) is 6.04 Å². The zero-order chi connectivity index (χ0) is 13.9. The van der Waals surface area contributed by atoms with Crippen LogP contribution >= 0.6 is 0 Å². The molecule has 2 aromatic rings. The second-order valence-corrected chi connectivity index (χ2v) is 5.83. The van der Waals surface area contributed by atoms with E-state index in [1.165, 1.54) is 41.4 Å². The highest BCUT2D eigenvalue weighted by molar-refractivity contribution is 5.86. The Morgan fingerprint density at radius 2 is 2.25 bits per heavy atom. The predicted molar refractivity (Wildman–Crippen MR) is 85.0 cm³/mol. The number of nitrogens with one attached hydrogen (secondary N) is 2. The molecule has 0 amide bonds. The van der Waals surface area contributed by atoms with Gasteiger partial charge in [0, 0.05) is 36.2 Å². The maximum absolute atomic E-state index is 3.49. The number of nitrogens with zero attached hydrogens (tertiary/aromatic N) is 1. The summed E-state index contributed by atoms with van der Waals surface area (Å²) in [6, 6.07) is 7.36. The van der Waals surface area contributed by atoms with E-state index < -0.39 is 0 Å². The molecule has 0 radical (unpaired) electrons. The second kappa shape index (κ2) is 5.98. The summed E-state index contributed by atoms with van der Waals surface area (Å²) in [5.74, 6) is 0. The van der Waals surface area contributed by atoms with Crippen LogP contribution in [0.3, 0.4) is 0 Å². The third kappa shape index (κ3) is 2.48. The molecule has 3 nitrogen and oxygen atoms in total. The first-order valence-electron chi connectivity index (χ1n) is 7.80. The lowest BCUT2D eigenvalue weighted by Gasteiger charge is -2.23. The monoisotopic (exact) mass is 271 g/mol. The van der Waals surface area contributed by atoms with Crippen LogP contribution in [0.15, 0.2) is 24.4 Å². The fraction of sp³-hybridized carbons (Fsp3) is 0.529. The Morgan fingerprint density at radius 1 is 1.35 bits per heavy atom. The van der Waals surface area contributed by atoms with Gasteiger partial charge in [0.15, 0.2) is 0 Å². The van der Waals surface area contributed by atoms with Crippen LogP contribution in [-0.2, 0) is 13.0 Å². The molecule has 108 valence electrons. The Hall–Kier alpha value is -1.32. The molecule has 0 bridgehead atoms. The number of fused-ring (bicyclic) bond motifs is 1. The topological polar surface area (TPSA) is 31.1 Å². The van der Waals surface area contributed by atoms with Gasteiger partial charge < -0.3 is 10.3 Å². The summed E-state index contributed by atoms with van der Waals surface area (Å²) in [5, 5.41) is 4.73. The molecule has 1 aliphatic heterocycles. The zero-order valence-corrected chi connectivity index (χ0v) is 12.6. The van der Waals surface area contributed by atoms with Gasteiger partial charge in [-0.2, -0.15) is 0 Å². The number of likely N-dealkylation sites (tertiary alicyclic amines) is 1. The van der Waals surface area contributed by atoms with Gasteiger partial charge in [0.25, 0.3) is 0 Å². The molecule has 1 saturated heterocycles. The first-order valence-corrected chi connectivity index (χ1v) is 7.80. The SMILES string of the molecule is CCc1cccc2c(CN3CCCC3CNC)c[nH]c12. The third-order valence-corrected chi connectivity index (χ3v) is 4.58. The van der Waals surface area contributed by atoms with Crippen molar-refractivity contribution >= 4 is 10.9 Å². The molecule has 1 atom stereocenters. The van der Waals surface area contributed by atoms with Crippen molar-refractivity contribution in [3.8, 4) is 0 Å². The lowest BCUT2D eigenvalue weighted by atomic mass is 10.1. The molecule has 0 saturated carbocycles. The lowest BCUT2D eigenvalue weighted by Crippen LogP contribution is -2.36. The van der Waals surface area contributed by atoms with E-state index in [0.717, 1.165) is 19.5 Å². The highest BCUT2D eigenvalue weighted by Gasteiger charge is 2.24. The minimum atomic E-state index is 0.694. The maximum Gasteiger partial charge on any atom is 0.0489 e. The molecule has 2 heterocycles. The van der Waals surface area contributed by atoms with Crippen molar-refractivity contribution in [1.29, 1.82) is 0 Å². The van der Waals surface area contributed by atoms with Crippen LogP contribution in [0.4, 0.5) is 0 Å². The molecule has 20 heavy (non-hydrogen) atoms. The van der Waals surface area contributed by atoms with E-state index in [1.54, 1.807) is 0 Å². The molecule has 2 N–H and O–H groups in total. The number of H-pyrrole nitrogens is 1. The van der Waals surface area contributed by atoms with Gasteiger partial charge in [-0.05, 0) is 44.0 Å². The smallest absolute Gasteiger partial charge is 0.0489 e. The quantitative estimate of drug-likeness (QED) is 0.876. The molecule has 0 spiro atoms. The van der Waals surface area contributed by atoms with E-state index in [4.69, 9.17) is 0 Å². The Bertz CT molecular complexity index is 573. The van der Waals surface area contributed by atoms with E-state index >= 15 is 0 Å². The number of likely N-dealkylation sites (N-methyl/N-ethyl adjacent to an activating group) is 1. The van der Waals surface area contributed by atoms with E-state index in [2.05, 4.69) is 53.6 Å². The van der Waals surface area contributed by atoms with Crippen LogP contribution in [0.2, 0.25) is 0 Å². The molecule has 1 aromatic heterocycles. The number of aromatic amines is 1. The van der Waals surface area contributed by atoms with Crippen LogP contribution < -0.4 is 5.32 Å². The van der Waals surface area contributed by atoms with E-state index in [-0.39, 0.29) is 0 Å². The van der Waals surface area contributed by atoms with Gasteiger partial charge in [0.05, 0.1) is 0 Å². The summed E-state index contributed by atoms with van der Waals surface area (Å²) in [6.45, 7) is 5.62. The van der Waals surface area contributed by atoms with Crippen LogP contribution in [0.25, 0.3) is 10.9 Å². The highest BCUT2D eigenvalue weighted by Crippen LogP contribution is 2.26. The zero-order valence-electron chi connectivity index (χ0n) is 12.6. The van der Waals surface area contributed by atoms with Crippen molar-refractivity contribution in [2.24, 2.45) is 0 Å². The Kier molecular flexibility index (Phi) is 4.08. The molecule has 1 fully saturated rings. The first kappa shape index (κ1) is 13.7. The second-order valence-electron chi connectivity index (χ2n) is 5.83. The number of para-hydroxylation sites is 1. The number of aromatic nitrogens is 1. The van der Waals surface area contributed by atoms with E-state index in [9.17, 15) is 0 Å². The Balaban J connectivity index is 1.84. The minimum Gasteiger partial charge on any atom is -0.361 e. The van der Waals surface area contributed by atoms with Crippen molar-refractivity contribution in [1.82, 2.24) is 15.2 Å². The van der Waals surface area contributed by atoms with E-state index in [1.807, 2.05) is 0 Å². The standard InChI is InChI=1S/C17H25N3/c1-3-13-6-4-8-16-14(10-19-17(13)16)12-20-9-5-7-15(20)11-18-2/h4,6,8,10,15,18-19H,3,5,7,9,11-12H2,1-2H3. The van der Waals surface area contributed by atoms with Gasteiger partial charge in [0.2, 0.25) is 0 Å². The summed E-state index contributed by atoms with van der Waals surface area (Å²) in [6.07, 6.45) is 5.94. The summed E-state index contributed by atoms with van der Waals surface area (Å²) >= 11 is 0. The van der Waals surface area contributed by atoms with Gasteiger partial charge in [-0.3, -0.25) is 4.90 Å². The molecule has 3 heteroatoms. The fourth-order valence-corrected chi connectivity index (χ4v) is 3.49. The molecule has 1 aromatic carbocycles. The normalized spacial score (nSPS) is 20.0. The lowest BCUT2D eigenvalue weighted by molar-refractivity contribution is 0.243. The minimum absolute atomic E-state index is 0.694. The van der Waals surface area contributed by atoms with Gasteiger partial charge in [-0.1, -0.05) is 25.1 Å². The third-order valence-electron chi connectivity index (χ3n) is 4.58. The van der Waals surface area contributed by atoms with Crippen molar-refractivity contribution < 1.29 is 0 Å². The number of benzene rings is 1. The predicted octanol–water partition coefficient (Wildman–Crippen LogP) is 2.91. The number of hydrogen-bond donors (Lipinski definition) is 2. The summed E-state index contributed by atoms with van der Waals surface area (Å²) in [7, 11) is 2.05. The van der Waals surface area contributed by atoms with Crippen LogP contribution in [0.1, 0.15) is 30.9 Å². The average molecular weight is 271 g/mol. The number of rotatable bonds is 5. The number of hydrogen-bond acceptors (Lipinski definition) is 2. The molecular formula is C17H25N3. The highest BCUT2D eigenvalue weighted by atomic mass is 15.2. The maximum atomic E-state index is 3.49. The van der Waals surface area contributed by atoms with Crippen LogP contribution in [-0.4, -0.2) is 36.1 Å². The van der Waals surface area contributed by atoms with Gasteiger partial charge in [-0.25, -0.2) is 0 Å². The van der Waals surface area contributed by atoms with Gasteiger partial charge >= 0.3 is 0 Å². The van der Waals surface area contributed by atoms with Crippen molar-refractivity contribution in [2.45, 2.75) is 38.8 Å².